The first-order chi connectivity index (χ1) is 13.7. The van der Waals surface area contributed by atoms with Gasteiger partial charge >= 0.3 is 0 Å². The fourth-order valence-electron chi connectivity index (χ4n) is 3.49. The summed E-state index contributed by atoms with van der Waals surface area (Å²) in [4.78, 5) is 26.7. The summed E-state index contributed by atoms with van der Waals surface area (Å²) < 4.78 is 11.4. The predicted octanol–water partition coefficient (Wildman–Crippen LogP) is 3.32. The number of benzene rings is 1. The monoisotopic (exact) mass is 398 g/mol. The van der Waals surface area contributed by atoms with Crippen LogP contribution in [0, 0.1) is 0 Å². The summed E-state index contributed by atoms with van der Waals surface area (Å²) in [5, 5.41) is 6.33. The molecule has 146 valence electrons. The van der Waals surface area contributed by atoms with Gasteiger partial charge in [-0.25, -0.2) is 0 Å². The van der Waals surface area contributed by atoms with Crippen LogP contribution in [0.3, 0.4) is 0 Å². The van der Waals surface area contributed by atoms with Crippen molar-refractivity contribution in [3.8, 4) is 11.5 Å². The molecule has 0 spiro atoms. The Morgan fingerprint density at radius 3 is 2.82 bits per heavy atom. The van der Waals surface area contributed by atoms with Gasteiger partial charge < -0.3 is 20.1 Å². The highest BCUT2D eigenvalue weighted by molar-refractivity contribution is 7.17. The number of fused-ring (bicyclic) bond motifs is 2. The number of rotatable bonds is 5. The minimum Gasteiger partial charge on any atom is -0.485 e. The molecule has 0 radical (unpaired) electrons. The van der Waals surface area contributed by atoms with Crippen LogP contribution in [-0.4, -0.2) is 31.1 Å². The molecule has 4 rings (SSSR count). The third kappa shape index (κ3) is 3.62. The van der Waals surface area contributed by atoms with Gasteiger partial charge in [0.25, 0.3) is 11.8 Å². The maximum Gasteiger partial charge on any atom is 0.269 e. The third-order valence-corrected chi connectivity index (χ3v) is 6.05. The fraction of sp³-hybridized carbons (Fsp3) is 0.333. The first-order valence-electron chi connectivity index (χ1n) is 9.40. The van der Waals surface area contributed by atoms with Crippen molar-refractivity contribution in [1.29, 1.82) is 0 Å². The molecular weight excluding hydrogens is 376 g/mol. The molecule has 0 saturated carbocycles. The summed E-state index contributed by atoms with van der Waals surface area (Å²) in [6.45, 7) is 4.15. The van der Waals surface area contributed by atoms with Crippen LogP contribution < -0.4 is 20.1 Å². The number of carbonyl (C=O) groups is 2. The Morgan fingerprint density at radius 2 is 2.00 bits per heavy atom. The van der Waals surface area contributed by atoms with Crippen LogP contribution in [0.4, 0.5) is 5.00 Å². The number of anilines is 1. The van der Waals surface area contributed by atoms with Crippen LogP contribution in [0.15, 0.2) is 36.9 Å². The SMILES string of the molecule is C=CCNC(=O)c1c(NC(=O)[C@H]2COc3ccccc3O2)sc2c1CCCC2. The molecule has 0 saturated heterocycles. The van der Waals surface area contributed by atoms with Gasteiger partial charge in [-0.15, -0.1) is 17.9 Å². The zero-order valence-electron chi connectivity index (χ0n) is 15.5. The van der Waals surface area contributed by atoms with E-state index in [0.29, 0.717) is 28.6 Å². The van der Waals surface area contributed by atoms with Gasteiger partial charge in [0.15, 0.2) is 11.5 Å². The van der Waals surface area contributed by atoms with Crippen LogP contribution in [0.25, 0.3) is 0 Å². The lowest BCUT2D eigenvalue weighted by Crippen LogP contribution is -2.40. The summed E-state index contributed by atoms with van der Waals surface area (Å²) in [5.74, 6) is 0.678. The second-order valence-corrected chi connectivity index (χ2v) is 7.87. The van der Waals surface area contributed by atoms with Gasteiger partial charge in [0.2, 0.25) is 6.10 Å². The standard InChI is InChI=1S/C21H22N2O4S/c1-2-11-22-20(25)18-13-7-3-6-10-17(13)28-21(18)23-19(24)16-12-26-14-8-4-5-9-15(14)27-16/h2,4-5,8-9,16H,1,3,6-7,10-12H2,(H,22,25)(H,23,24)/t16-/m1/s1. The Morgan fingerprint density at radius 1 is 1.21 bits per heavy atom. The maximum absolute atomic E-state index is 12.8. The maximum atomic E-state index is 12.8. The second-order valence-electron chi connectivity index (χ2n) is 6.77. The quantitative estimate of drug-likeness (QED) is 0.758. The molecule has 1 atom stereocenters. The number of nitrogens with one attached hydrogen (secondary N) is 2. The zero-order chi connectivity index (χ0) is 19.5. The van der Waals surface area contributed by atoms with Crippen molar-refractivity contribution >= 4 is 28.2 Å². The van der Waals surface area contributed by atoms with Crippen molar-refractivity contribution in [2.75, 3.05) is 18.5 Å². The number of carbonyl (C=O) groups excluding carboxylic acids is 2. The number of thiophene rings is 1. The van der Waals surface area contributed by atoms with Crippen LogP contribution in [-0.2, 0) is 17.6 Å². The van der Waals surface area contributed by atoms with Gasteiger partial charge in [-0.2, -0.15) is 0 Å². The van der Waals surface area contributed by atoms with Crippen molar-refractivity contribution in [3.05, 3.63) is 52.9 Å². The molecule has 0 bridgehead atoms. The highest BCUT2D eigenvalue weighted by atomic mass is 32.1. The first kappa shape index (κ1) is 18.6. The number of ether oxygens (including phenoxy) is 2. The van der Waals surface area contributed by atoms with E-state index in [1.165, 1.54) is 16.2 Å². The molecule has 1 aromatic carbocycles. The van der Waals surface area contributed by atoms with E-state index in [9.17, 15) is 9.59 Å². The summed E-state index contributed by atoms with van der Waals surface area (Å²) in [6, 6.07) is 7.26. The van der Waals surface area contributed by atoms with Crippen molar-refractivity contribution in [2.45, 2.75) is 31.8 Å². The number of aryl methyl sites for hydroxylation is 1. The Balaban J connectivity index is 1.55. The molecule has 0 fully saturated rings. The number of para-hydroxylation sites is 2. The van der Waals surface area contributed by atoms with E-state index in [1.54, 1.807) is 18.2 Å². The zero-order valence-corrected chi connectivity index (χ0v) is 16.3. The molecule has 1 aliphatic heterocycles. The molecular formula is C21H22N2O4S. The van der Waals surface area contributed by atoms with E-state index in [0.717, 1.165) is 31.2 Å². The molecule has 2 amide bonds. The largest absolute Gasteiger partial charge is 0.485 e. The average molecular weight is 398 g/mol. The molecule has 2 heterocycles. The van der Waals surface area contributed by atoms with Gasteiger partial charge in [-0.3, -0.25) is 9.59 Å². The van der Waals surface area contributed by atoms with Crippen molar-refractivity contribution < 1.29 is 19.1 Å². The molecule has 7 heteroatoms. The van der Waals surface area contributed by atoms with E-state index < -0.39 is 6.10 Å². The highest BCUT2D eigenvalue weighted by Gasteiger charge is 2.31. The molecule has 2 aromatic rings. The smallest absolute Gasteiger partial charge is 0.269 e. The van der Waals surface area contributed by atoms with Crippen LogP contribution in [0.2, 0.25) is 0 Å². The summed E-state index contributed by atoms with van der Waals surface area (Å²) in [6.07, 6.45) is 4.82. The van der Waals surface area contributed by atoms with E-state index in [2.05, 4.69) is 17.2 Å². The number of hydrogen-bond acceptors (Lipinski definition) is 5. The van der Waals surface area contributed by atoms with Gasteiger partial charge in [0, 0.05) is 11.4 Å². The minimum absolute atomic E-state index is 0.131. The first-order valence-corrected chi connectivity index (χ1v) is 10.2. The van der Waals surface area contributed by atoms with Crippen LogP contribution in [0.1, 0.15) is 33.6 Å². The van der Waals surface area contributed by atoms with Gasteiger partial charge in [0.1, 0.15) is 11.6 Å². The normalized spacial score (nSPS) is 17.4. The molecule has 6 nitrogen and oxygen atoms in total. The molecule has 2 aliphatic rings. The van der Waals surface area contributed by atoms with E-state index in [1.807, 2.05) is 12.1 Å². The second kappa shape index (κ2) is 8.06. The average Bonchev–Trinajstić information content (AvgIpc) is 3.09. The lowest BCUT2D eigenvalue weighted by atomic mass is 9.95. The van der Waals surface area contributed by atoms with Crippen molar-refractivity contribution in [2.24, 2.45) is 0 Å². The highest BCUT2D eigenvalue weighted by Crippen LogP contribution is 2.38. The predicted molar refractivity (Wildman–Crippen MR) is 108 cm³/mol. The molecule has 28 heavy (non-hydrogen) atoms. The van der Waals surface area contributed by atoms with E-state index >= 15 is 0 Å². The Hall–Kier alpha value is -2.80. The number of amides is 2. The lowest BCUT2D eigenvalue weighted by Gasteiger charge is -2.25. The molecule has 1 aliphatic carbocycles. The van der Waals surface area contributed by atoms with Crippen molar-refractivity contribution in [1.82, 2.24) is 5.32 Å². The molecule has 0 unspecified atom stereocenters. The fourth-order valence-corrected chi connectivity index (χ4v) is 4.78. The minimum atomic E-state index is -0.766. The topological polar surface area (TPSA) is 76.7 Å². The number of hydrogen-bond donors (Lipinski definition) is 2. The van der Waals surface area contributed by atoms with Crippen LogP contribution >= 0.6 is 11.3 Å². The van der Waals surface area contributed by atoms with Gasteiger partial charge in [-0.1, -0.05) is 18.2 Å². The molecule has 2 N–H and O–H groups in total. The van der Waals surface area contributed by atoms with E-state index in [4.69, 9.17) is 9.47 Å². The van der Waals surface area contributed by atoms with Crippen molar-refractivity contribution in [3.63, 3.8) is 0 Å². The Bertz CT molecular complexity index is 921. The van der Waals surface area contributed by atoms with E-state index in [-0.39, 0.29) is 18.4 Å². The third-order valence-electron chi connectivity index (χ3n) is 4.84. The summed E-state index contributed by atoms with van der Waals surface area (Å²) in [5.41, 5.74) is 1.63. The van der Waals surface area contributed by atoms with Gasteiger partial charge in [0.05, 0.1) is 5.56 Å². The Kier molecular flexibility index (Phi) is 5.34. The van der Waals surface area contributed by atoms with Crippen LogP contribution in [0.5, 0.6) is 11.5 Å². The Labute approximate surface area is 167 Å². The van der Waals surface area contributed by atoms with Gasteiger partial charge in [-0.05, 0) is 43.4 Å². The summed E-state index contributed by atoms with van der Waals surface area (Å²) >= 11 is 1.49. The summed E-state index contributed by atoms with van der Waals surface area (Å²) in [7, 11) is 0. The molecule has 1 aromatic heterocycles. The lowest BCUT2D eigenvalue weighted by molar-refractivity contribution is -0.125.